The van der Waals surface area contributed by atoms with E-state index in [9.17, 15) is 19.8 Å². The number of carbonyl (C=O) groups excluding carboxylic acids is 2. The van der Waals surface area contributed by atoms with Crippen LogP contribution < -0.4 is 5.32 Å². The first-order valence-electron chi connectivity index (χ1n) is 37.4. The minimum Gasteiger partial charge on any atom is -0.466 e. The van der Waals surface area contributed by atoms with Crippen LogP contribution in [0, 0.1) is 0 Å². The van der Waals surface area contributed by atoms with Crippen molar-refractivity contribution >= 4 is 11.9 Å². The summed E-state index contributed by atoms with van der Waals surface area (Å²) in [5, 5.41) is 23.4. The lowest BCUT2D eigenvalue weighted by atomic mass is 10.0. The van der Waals surface area contributed by atoms with Crippen molar-refractivity contribution in [3.8, 4) is 0 Å². The predicted octanol–water partition coefficient (Wildman–Crippen LogP) is 24.3. The molecule has 0 aromatic carbocycles. The van der Waals surface area contributed by atoms with E-state index in [1.54, 1.807) is 0 Å². The average Bonchev–Trinajstić information content (AvgIpc) is 3.47. The Bertz CT molecular complexity index is 1220. The van der Waals surface area contributed by atoms with Gasteiger partial charge in [0.25, 0.3) is 0 Å². The maximum absolute atomic E-state index is 12.6. The minimum absolute atomic E-state index is 0.0146. The number of hydrogen-bond acceptors (Lipinski definition) is 5. The quantitative estimate of drug-likeness (QED) is 0.0320. The van der Waals surface area contributed by atoms with Crippen molar-refractivity contribution in [3.63, 3.8) is 0 Å². The van der Waals surface area contributed by atoms with E-state index in [1.807, 2.05) is 0 Å². The number of esters is 1. The van der Waals surface area contributed by atoms with E-state index in [1.165, 1.54) is 360 Å². The molecule has 6 heteroatoms. The summed E-state index contributed by atoms with van der Waals surface area (Å²) >= 11 is 0. The predicted molar refractivity (Wildman–Crippen MR) is 357 cm³/mol. The van der Waals surface area contributed by atoms with Gasteiger partial charge in [0.2, 0.25) is 5.91 Å². The summed E-state index contributed by atoms with van der Waals surface area (Å²) in [7, 11) is 0. The highest BCUT2D eigenvalue weighted by Gasteiger charge is 2.20. The molecule has 0 radical (unpaired) electrons. The second kappa shape index (κ2) is 71.1. The van der Waals surface area contributed by atoms with Crippen LogP contribution in [-0.4, -0.2) is 47.4 Å². The van der Waals surface area contributed by atoms with Crippen LogP contribution in [0.3, 0.4) is 0 Å². The van der Waals surface area contributed by atoms with Gasteiger partial charge in [-0.2, -0.15) is 0 Å². The number of rotatable bonds is 71. The molecule has 482 valence electrons. The highest BCUT2D eigenvalue weighted by Crippen LogP contribution is 2.20. The fourth-order valence-corrected chi connectivity index (χ4v) is 12.1. The fraction of sp³-hybridized carbons (Fsp3) is 0.947. The molecular weight excluding hydrogens is 995 g/mol. The third-order valence-corrected chi connectivity index (χ3v) is 17.8. The largest absolute Gasteiger partial charge is 0.466 e. The molecule has 81 heavy (non-hydrogen) atoms. The van der Waals surface area contributed by atoms with Gasteiger partial charge in [0.1, 0.15) is 0 Å². The summed E-state index contributed by atoms with van der Waals surface area (Å²) in [5.41, 5.74) is 0. The molecule has 3 N–H and O–H groups in total. The van der Waals surface area contributed by atoms with Gasteiger partial charge in [-0.05, 0) is 51.4 Å². The van der Waals surface area contributed by atoms with Crippen LogP contribution in [0.1, 0.15) is 431 Å². The highest BCUT2D eigenvalue weighted by atomic mass is 16.5. The van der Waals surface area contributed by atoms with Gasteiger partial charge in [-0.15, -0.1) is 0 Å². The Kier molecular flexibility index (Phi) is 69.9. The highest BCUT2D eigenvalue weighted by molar-refractivity contribution is 5.76. The number of carbonyl (C=O) groups is 2. The fourth-order valence-electron chi connectivity index (χ4n) is 12.1. The summed E-state index contributed by atoms with van der Waals surface area (Å²) in [6.07, 6.45) is 88.4. The summed E-state index contributed by atoms with van der Waals surface area (Å²) in [4.78, 5) is 24.7. The maximum Gasteiger partial charge on any atom is 0.305 e. The molecule has 0 aromatic rings. The van der Waals surface area contributed by atoms with E-state index in [0.717, 1.165) is 38.5 Å². The van der Waals surface area contributed by atoms with E-state index in [4.69, 9.17) is 4.74 Å². The standard InChI is InChI=1S/C75H147NO5/c1-3-5-7-9-11-13-15-17-19-21-23-24-25-26-28-32-35-39-43-47-51-55-59-63-67-73(78)72(71-77)76-74(79)68-64-60-56-52-48-44-40-36-33-29-27-30-34-38-42-46-50-54-58-62-66-70-81-75(80)69-65-61-57-53-49-45-41-37-31-22-20-18-16-14-12-10-8-6-4-2/h29,33,72-73,77-78H,3-28,30-32,34-71H2,1-2H3,(H,76,79)/b33-29-. The number of amides is 1. The van der Waals surface area contributed by atoms with Crippen LogP contribution in [0.15, 0.2) is 12.2 Å². The smallest absolute Gasteiger partial charge is 0.305 e. The molecule has 1 amide bonds. The van der Waals surface area contributed by atoms with E-state index in [-0.39, 0.29) is 18.5 Å². The Labute approximate surface area is 508 Å². The SMILES string of the molecule is CCCCCCCCCCCCCCCCCCCCCCCCCCC(O)C(CO)NC(=O)CCCCCCCCC/C=C\CCCCCCCCCCCCOC(=O)CCCCCCCCCCCCCCCCCCCCC. The molecule has 0 aliphatic heterocycles. The number of aliphatic hydroxyl groups is 2. The van der Waals surface area contributed by atoms with E-state index in [0.29, 0.717) is 25.9 Å². The van der Waals surface area contributed by atoms with Crippen LogP contribution in [0.4, 0.5) is 0 Å². The topological polar surface area (TPSA) is 95.9 Å². The van der Waals surface area contributed by atoms with Crippen molar-refractivity contribution < 1.29 is 24.5 Å². The monoisotopic (exact) mass is 1140 g/mol. The Morgan fingerprint density at radius 1 is 0.333 bits per heavy atom. The Balaban J connectivity index is 3.39. The zero-order valence-corrected chi connectivity index (χ0v) is 55.3. The summed E-state index contributed by atoms with van der Waals surface area (Å²) < 4.78 is 5.51. The Hall–Kier alpha value is -1.40. The van der Waals surface area contributed by atoms with Crippen molar-refractivity contribution in [2.24, 2.45) is 0 Å². The first kappa shape index (κ1) is 79.6. The van der Waals surface area contributed by atoms with Gasteiger partial charge >= 0.3 is 5.97 Å². The normalized spacial score (nSPS) is 12.5. The lowest BCUT2D eigenvalue weighted by molar-refractivity contribution is -0.143. The van der Waals surface area contributed by atoms with Gasteiger partial charge in [0.15, 0.2) is 0 Å². The second-order valence-corrected chi connectivity index (χ2v) is 26.0. The molecular formula is C75H147NO5. The van der Waals surface area contributed by atoms with Crippen LogP contribution >= 0.6 is 0 Å². The number of hydrogen-bond donors (Lipinski definition) is 3. The van der Waals surface area contributed by atoms with E-state index >= 15 is 0 Å². The van der Waals surface area contributed by atoms with Gasteiger partial charge in [0, 0.05) is 12.8 Å². The molecule has 0 saturated heterocycles. The zero-order chi connectivity index (χ0) is 58.5. The van der Waals surface area contributed by atoms with Crippen molar-refractivity contribution in [3.05, 3.63) is 12.2 Å². The molecule has 0 aliphatic carbocycles. The lowest BCUT2D eigenvalue weighted by Crippen LogP contribution is -2.45. The zero-order valence-electron chi connectivity index (χ0n) is 55.3. The molecule has 0 saturated carbocycles. The third-order valence-electron chi connectivity index (χ3n) is 17.8. The number of ether oxygens (including phenoxy) is 1. The first-order chi connectivity index (χ1) is 40.0. The molecule has 0 aliphatic rings. The molecule has 2 atom stereocenters. The molecule has 6 nitrogen and oxygen atoms in total. The second-order valence-electron chi connectivity index (χ2n) is 26.0. The van der Waals surface area contributed by atoms with Crippen LogP contribution in [0.2, 0.25) is 0 Å². The molecule has 0 bridgehead atoms. The molecule has 2 unspecified atom stereocenters. The van der Waals surface area contributed by atoms with Gasteiger partial charge in [-0.3, -0.25) is 9.59 Å². The minimum atomic E-state index is -0.670. The van der Waals surface area contributed by atoms with Crippen molar-refractivity contribution in [1.29, 1.82) is 0 Å². The maximum atomic E-state index is 12.6. The van der Waals surface area contributed by atoms with Gasteiger partial charge in [-0.1, -0.05) is 379 Å². The van der Waals surface area contributed by atoms with Crippen LogP contribution in [0.25, 0.3) is 0 Å². The Morgan fingerprint density at radius 3 is 0.877 bits per heavy atom. The van der Waals surface area contributed by atoms with Crippen LogP contribution in [0.5, 0.6) is 0 Å². The van der Waals surface area contributed by atoms with Gasteiger partial charge in [0.05, 0.1) is 25.4 Å². The average molecular weight is 1140 g/mol. The first-order valence-corrected chi connectivity index (χ1v) is 37.4. The third kappa shape index (κ3) is 67.6. The lowest BCUT2D eigenvalue weighted by Gasteiger charge is -2.22. The number of unbranched alkanes of at least 4 members (excludes halogenated alkanes) is 58. The van der Waals surface area contributed by atoms with Crippen molar-refractivity contribution in [1.82, 2.24) is 5.32 Å². The molecule has 0 heterocycles. The van der Waals surface area contributed by atoms with E-state index < -0.39 is 12.1 Å². The number of nitrogens with one attached hydrogen (secondary N) is 1. The molecule has 0 fully saturated rings. The Morgan fingerprint density at radius 2 is 0.580 bits per heavy atom. The van der Waals surface area contributed by atoms with Crippen molar-refractivity contribution in [2.75, 3.05) is 13.2 Å². The van der Waals surface area contributed by atoms with Crippen LogP contribution in [-0.2, 0) is 14.3 Å². The molecule has 0 spiro atoms. The summed E-state index contributed by atoms with van der Waals surface area (Å²) in [5.74, 6) is -0.0226. The summed E-state index contributed by atoms with van der Waals surface area (Å²) in [6, 6.07) is -0.548. The molecule has 0 aromatic heterocycles. The molecule has 0 rings (SSSR count). The number of allylic oxidation sites excluding steroid dienone is 2. The van der Waals surface area contributed by atoms with E-state index in [2.05, 4.69) is 31.3 Å². The summed E-state index contributed by atoms with van der Waals surface area (Å²) in [6.45, 7) is 5.00. The van der Waals surface area contributed by atoms with Gasteiger partial charge in [-0.25, -0.2) is 0 Å². The van der Waals surface area contributed by atoms with Gasteiger partial charge < -0.3 is 20.3 Å². The number of aliphatic hydroxyl groups excluding tert-OH is 2. The van der Waals surface area contributed by atoms with Crippen molar-refractivity contribution in [2.45, 2.75) is 443 Å².